The lowest BCUT2D eigenvalue weighted by molar-refractivity contribution is 0.0695. The molecule has 0 aromatic heterocycles. The van der Waals surface area contributed by atoms with Crippen LogP contribution in [0, 0.1) is 3.57 Å². The maximum atomic E-state index is 10.8. The van der Waals surface area contributed by atoms with Crippen LogP contribution in [-0.2, 0) is 3.07 Å². The molecule has 15 heavy (non-hydrogen) atoms. The highest BCUT2D eigenvalue weighted by atomic mass is 127. The molecule has 0 aliphatic carbocycles. The van der Waals surface area contributed by atoms with E-state index < -0.39 is 33.1 Å². The second kappa shape index (κ2) is 4.79. The normalized spacial score (nSPS) is 9.93. The fraction of sp³-hybridized carbons (Fsp3) is 0. The van der Waals surface area contributed by atoms with Crippen molar-refractivity contribution in [3.8, 4) is 0 Å². The number of hydrogen-bond donors (Lipinski definition) is 2. The lowest BCUT2D eigenvalue weighted by Gasteiger charge is -2.03. The van der Waals surface area contributed by atoms with Gasteiger partial charge in [0.05, 0.1) is 14.7 Å². The van der Waals surface area contributed by atoms with Gasteiger partial charge in [0.15, 0.2) is 21.2 Å². The fourth-order valence-corrected chi connectivity index (χ4v) is 2.81. The summed E-state index contributed by atoms with van der Waals surface area (Å²) in [6.45, 7) is 0. The van der Waals surface area contributed by atoms with E-state index in [1.807, 2.05) is 0 Å². The summed E-state index contributed by atoms with van der Waals surface area (Å²) < 4.78 is 11.2. The molecule has 1 rings (SSSR count). The first-order valence-electron chi connectivity index (χ1n) is 3.54. The summed E-state index contributed by atoms with van der Waals surface area (Å²) in [5.74, 6) is -2.52. The number of benzene rings is 1. The Morgan fingerprint density at radius 1 is 1.20 bits per heavy atom. The van der Waals surface area contributed by atoms with Gasteiger partial charge in [-0.05, 0) is 28.1 Å². The highest BCUT2D eigenvalue weighted by Gasteiger charge is 2.17. The van der Waals surface area contributed by atoms with Crippen LogP contribution in [0.3, 0.4) is 0 Å². The minimum Gasteiger partial charge on any atom is -0.478 e. The zero-order chi connectivity index (χ0) is 11.6. The van der Waals surface area contributed by atoms with Crippen molar-refractivity contribution in [3.05, 3.63) is 31.3 Å². The summed E-state index contributed by atoms with van der Waals surface area (Å²) in [7, 11) is 0. The third-order valence-corrected chi connectivity index (χ3v) is 4.55. The summed E-state index contributed by atoms with van der Waals surface area (Å²) >= 11 is 1.32. The van der Waals surface area contributed by atoms with E-state index in [1.54, 1.807) is 0 Å². The Hall–Kier alpha value is -0.830. The third-order valence-electron chi connectivity index (χ3n) is 1.58. The SMILES string of the molecule is O=Ic1c(Br)cc(C(=O)O)cc1C(=O)O. The standard InChI is InChI=1S/C8H4BrIO5/c9-5-2-3(7(11)12)1-4(8(13)14)6(5)10-15/h1-2H,(H,11,12)(H,13,14). The number of hydrogen-bond acceptors (Lipinski definition) is 3. The molecule has 0 bridgehead atoms. The number of aromatic carboxylic acids is 2. The van der Waals surface area contributed by atoms with Crippen molar-refractivity contribution in [2.75, 3.05) is 0 Å². The molecule has 2 N–H and O–H groups in total. The molecule has 0 unspecified atom stereocenters. The van der Waals surface area contributed by atoms with Crippen LogP contribution in [0.25, 0.3) is 0 Å². The second-order valence-electron chi connectivity index (χ2n) is 2.51. The molecule has 0 saturated carbocycles. The van der Waals surface area contributed by atoms with Gasteiger partial charge in [0.1, 0.15) is 0 Å². The van der Waals surface area contributed by atoms with E-state index in [1.165, 1.54) is 6.07 Å². The Morgan fingerprint density at radius 2 is 1.80 bits per heavy atom. The molecule has 1 aromatic rings. The molecule has 0 radical (unpaired) electrons. The Kier molecular flexibility index (Phi) is 3.91. The molecule has 0 amide bonds. The van der Waals surface area contributed by atoms with Crippen LogP contribution in [0.4, 0.5) is 0 Å². The van der Waals surface area contributed by atoms with E-state index in [9.17, 15) is 12.7 Å². The van der Waals surface area contributed by atoms with Crippen LogP contribution in [-0.4, -0.2) is 22.2 Å². The summed E-state index contributed by atoms with van der Waals surface area (Å²) in [5.41, 5.74) is -0.384. The number of rotatable bonds is 3. The first-order chi connectivity index (χ1) is 6.97. The predicted octanol–water partition coefficient (Wildman–Crippen LogP) is 2.33. The minimum atomic E-state index is -1.67. The lowest BCUT2D eigenvalue weighted by atomic mass is 10.1. The zero-order valence-electron chi connectivity index (χ0n) is 7.03. The topological polar surface area (TPSA) is 91.7 Å². The van der Waals surface area contributed by atoms with Gasteiger partial charge in [-0.25, -0.2) is 9.59 Å². The average molecular weight is 387 g/mol. The van der Waals surface area contributed by atoms with Crippen LogP contribution in [0.15, 0.2) is 16.6 Å². The van der Waals surface area contributed by atoms with Gasteiger partial charge in [-0.15, -0.1) is 0 Å². The van der Waals surface area contributed by atoms with Gasteiger partial charge in [-0.2, -0.15) is 0 Å². The zero-order valence-corrected chi connectivity index (χ0v) is 10.8. The predicted molar refractivity (Wildman–Crippen MR) is 61.5 cm³/mol. The quantitative estimate of drug-likeness (QED) is 0.778. The Bertz CT molecular complexity index is 457. The van der Waals surface area contributed by atoms with Gasteiger partial charge in [0.25, 0.3) is 0 Å². The van der Waals surface area contributed by atoms with Crippen molar-refractivity contribution in [2.45, 2.75) is 0 Å². The Morgan fingerprint density at radius 3 is 2.20 bits per heavy atom. The summed E-state index contributed by atoms with van der Waals surface area (Å²) in [6.07, 6.45) is 0. The van der Waals surface area contributed by atoms with Crippen molar-refractivity contribution in [2.24, 2.45) is 0 Å². The number of carboxylic acids is 2. The minimum absolute atomic E-state index is 0.152. The number of halogens is 2. The number of carboxylic acid groups (broad SMARTS) is 2. The highest BCUT2D eigenvalue weighted by Crippen LogP contribution is 2.27. The fourth-order valence-electron chi connectivity index (χ4n) is 0.947. The van der Waals surface area contributed by atoms with Crippen molar-refractivity contribution >= 4 is 49.1 Å². The van der Waals surface area contributed by atoms with Gasteiger partial charge in [0.2, 0.25) is 0 Å². The van der Waals surface area contributed by atoms with Crippen molar-refractivity contribution in [1.29, 1.82) is 0 Å². The molecule has 0 fully saturated rings. The van der Waals surface area contributed by atoms with Crippen molar-refractivity contribution in [3.63, 3.8) is 0 Å². The van der Waals surface area contributed by atoms with E-state index in [-0.39, 0.29) is 19.2 Å². The van der Waals surface area contributed by atoms with E-state index in [0.29, 0.717) is 0 Å². The maximum Gasteiger partial charge on any atom is 0.336 e. The third kappa shape index (κ3) is 2.59. The van der Waals surface area contributed by atoms with Gasteiger partial charge in [0, 0.05) is 4.47 Å². The highest BCUT2D eigenvalue weighted by molar-refractivity contribution is 14.1. The van der Waals surface area contributed by atoms with Crippen LogP contribution >= 0.6 is 37.1 Å². The molecule has 0 aliphatic rings. The van der Waals surface area contributed by atoms with E-state index in [4.69, 9.17) is 10.2 Å². The molecule has 0 aliphatic heterocycles. The largest absolute Gasteiger partial charge is 0.478 e. The van der Waals surface area contributed by atoms with E-state index in [0.717, 1.165) is 6.07 Å². The summed E-state index contributed by atoms with van der Waals surface area (Å²) in [6, 6.07) is 2.24. The molecule has 1 aromatic carbocycles. The van der Waals surface area contributed by atoms with E-state index in [2.05, 4.69) is 15.9 Å². The smallest absolute Gasteiger partial charge is 0.336 e. The molecular weight excluding hydrogens is 383 g/mol. The maximum absolute atomic E-state index is 10.8. The van der Waals surface area contributed by atoms with Gasteiger partial charge in [-0.3, -0.25) is 3.07 Å². The Balaban J connectivity index is 3.52. The lowest BCUT2D eigenvalue weighted by Crippen LogP contribution is -2.05. The Labute approximate surface area is 103 Å². The molecule has 0 heterocycles. The monoisotopic (exact) mass is 386 g/mol. The molecule has 5 nitrogen and oxygen atoms in total. The molecular formula is C8H4BrIO5. The van der Waals surface area contributed by atoms with E-state index >= 15 is 0 Å². The second-order valence-corrected chi connectivity index (χ2v) is 4.88. The molecule has 0 saturated heterocycles. The molecule has 80 valence electrons. The number of carbonyl (C=O) groups is 2. The summed E-state index contributed by atoms with van der Waals surface area (Å²) in [5, 5.41) is 17.5. The molecule has 0 spiro atoms. The van der Waals surface area contributed by atoms with Crippen LogP contribution in [0.5, 0.6) is 0 Å². The van der Waals surface area contributed by atoms with Crippen LogP contribution in [0.1, 0.15) is 20.7 Å². The molecule has 0 atom stereocenters. The van der Waals surface area contributed by atoms with Crippen LogP contribution in [0.2, 0.25) is 0 Å². The van der Waals surface area contributed by atoms with Crippen molar-refractivity contribution in [1.82, 2.24) is 0 Å². The van der Waals surface area contributed by atoms with Crippen LogP contribution < -0.4 is 0 Å². The van der Waals surface area contributed by atoms with Gasteiger partial charge >= 0.3 is 11.9 Å². The molecule has 7 heteroatoms. The van der Waals surface area contributed by atoms with Gasteiger partial charge in [-0.1, -0.05) is 0 Å². The van der Waals surface area contributed by atoms with Crippen molar-refractivity contribution < 1.29 is 22.9 Å². The average Bonchev–Trinajstić information content (AvgIpc) is 2.16. The first-order valence-corrected chi connectivity index (χ1v) is 6.29. The summed E-state index contributed by atoms with van der Waals surface area (Å²) in [4.78, 5) is 21.4. The first kappa shape index (κ1) is 12.2. The van der Waals surface area contributed by atoms with Gasteiger partial charge < -0.3 is 10.2 Å².